The minimum absolute atomic E-state index is 0.0240. The van der Waals surface area contributed by atoms with Crippen molar-refractivity contribution in [2.24, 2.45) is 0 Å². The number of likely N-dealkylation sites (N-methyl/N-ethyl adjacent to an activating group) is 1. The van der Waals surface area contributed by atoms with Crippen LogP contribution in [0, 0.1) is 0 Å². The van der Waals surface area contributed by atoms with E-state index in [1.54, 1.807) is 0 Å². The number of phosphoric acid groups is 1. The summed E-state index contributed by atoms with van der Waals surface area (Å²) in [6, 6.07) is 0. The normalized spacial score (nSPS) is 13.9. The first-order chi connectivity index (χ1) is 31.6. The molecule has 382 valence electrons. The number of nitrogens with zero attached hydrogens (tertiary/aromatic N) is 1. The molecule has 0 aliphatic heterocycles. The molecule has 0 aliphatic carbocycles. The zero-order valence-electron chi connectivity index (χ0n) is 43.4. The molecule has 0 saturated heterocycles. The predicted octanol–water partition coefficient (Wildman–Crippen LogP) is 16.4. The smallest absolute Gasteiger partial charge is 0.306 e. The Morgan fingerprint density at radius 2 is 0.846 bits per heavy atom. The molecule has 0 aromatic heterocycles. The first-order valence-corrected chi connectivity index (χ1v) is 28.8. The highest BCUT2D eigenvalue weighted by atomic mass is 31.2. The Labute approximate surface area is 403 Å². The van der Waals surface area contributed by atoms with Crippen LogP contribution in [0.25, 0.3) is 0 Å². The van der Waals surface area contributed by atoms with Crippen LogP contribution in [0.15, 0.2) is 48.6 Å². The van der Waals surface area contributed by atoms with Crippen LogP contribution in [0.5, 0.6) is 0 Å². The number of quaternary nitrogens is 1. The Kier molecular flexibility index (Phi) is 47.7. The van der Waals surface area contributed by atoms with Gasteiger partial charge in [0.1, 0.15) is 19.3 Å². The molecule has 0 bridgehead atoms. The van der Waals surface area contributed by atoms with Crippen LogP contribution in [-0.4, -0.2) is 70.7 Å². The fourth-order valence-electron chi connectivity index (χ4n) is 7.61. The zero-order valence-corrected chi connectivity index (χ0v) is 44.3. The fourth-order valence-corrected chi connectivity index (χ4v) is 8.34. The fraction of sp³-hybridized carbons (Fsp3) is 0.839. The summed E-state index contributed by atoms with van der Waals surface area (Å²) in [5.74, 6) is -0.340. The van der Waals surface area contributed by atoms with Gasteiger partial charge >= 0.3 is 5.97 Å². The van der Waals surface area contributed by atoms with E-state index in [-0.39, 0.29) is 25.8 Å². The molecule has 0 N–H and O–H groups in total. The van der Waals surface area contributed by atoms with E-state index in [2.05, 4.69) is 62.5 Å². The second kappa shape index (κ2) is 48.9. The number of rotatable bonds is 51. The standard InChI is InChI=1S/C56H106NO7P/c1-6-8-10-12-14-16-18-20-22-24-25-26-27-28-29-30-31-32-34-36-38-40-42-44-46-48-51-61-53-55(54-63-65(59,60)62-52-50-57(3,4)5)64-56(58)49-47-45-43-41-39-37-35-33-23-21-19-17-15-13-11-9-7-2/h15,17-18,20-21,23-25,55H,6-14,16,19,22,26-54H2,1-5H3/b17-15-,20-18-,23-21-,25-24-. The van der Waals surface area contributed by atoms with Crippen LogP contribution in [0.1, 0.15) is 245 Å². The number of esters is 1. The summed E-state index contributed by atoms with van der Waals surface area (Å²) >= 11 is 0. The van der Waals surface area contributed by atoms with Crippen LogP contribution in [0.2, 0.25) is 0 Å². The van der Waals surface area contributed by atoms with Gasteiger partial charge in [0.25, 0.3) is 7.82 Å². The zero-order chi connectivity index (χ0) is 47.6. The lowest BCUT2D eigenvalue weighted by molar-refractivity contribution is -0.870. The van der Waals surface area contributed by atoms with Gasteiger partial charge in [0.15, 0.2) is 0 Å². The van der Waals surface area contributed by atoms with Crippen molar-refractivity contribution in [1.82, 2.24) is 0 Å². The number of carbonyl (C=O) groups is 1. The lowest BCUT2D eigenvalue weighted by Gasteiger charge is -2.28. The van der Waals surface area contributed by atoms with Crippen LogP contribution in [-0.2, 0) is 27.9 Å². The van der Waals surface area contributed by atoms with Gasteiger partial charge in [-0.1, -0.05) is 210 Å². The summed E-state index contributed by atoms with van der Waals surface area (Å²) in [6.45, 7) is 5.39. The van der Waals surface area contributed by atoms with E-state index in [4.69, 9.17) is 18.5 Å². The Balaban J connectivity index is 4.07. The molecule has 0 amide bonds. The van der Waals surface area contributed by atoms with Crippen molar-refractivity contribution >= 4 is 13.8 Å². The molecule has 2 atom stereocenters. The van der Waals surface area contributed by atoms with Crippen LogP contribution >= 0.6 is 7.82 Å². The van der Waals surface area contributed by atoms with Crippen LogP contribution in [0.3, 0.4) is 0 Å². The van der Waals surface area contributed by atoms with Crippen molar-refractivity contribution < 1.29 is 37.3 Å². The van der Waals surface area contributed by atoms with E-state index in [1.165, 1.54) is 173 Å². The number of allylic oxidation sites excluding steroid dienone is 8. The molecule has 65 heavy (non-hydrogen) atoms. The second-order valence-electron chi connectivity index (χ2n) is 19.6. The van der Waals surface area contributed by atoms with Crippen molar-refractivity contribution in [3.05, 3.63) is 48.6 Å². The maximum absolute atomic E-state index is 12.8. The summed E-state index contributed by atoms with van der Waals surface area (Å²) in [6.07, 6.45) is 61.4. The van der Waals surface area contributed by atoms with Crippen molar-refractivity contribution in [1.29, 1.82) is 0 Å². The van der Waals surface area contributed by atoms with Crippen molar-refractivity contribution in [2.45, 2.75) is 251 Å². The summed E-state index contributed by atoms with van der Waals surface area (Å²) in [4.78, 5) is 25.2. The highest BCUT2D eigenvalue weighted by Crippen LogP contribution is 2.38. The molecule has 0 heterocycles. The SMILES string of the molecule is CCCCC/C=C\C/C=C\CCCCCCCCCC(=O)OC(COCCCCCCCCCCCCCCCC/C=C\C/C=C\CCCCCCC)COP(=O)([O-])OCC[N+](C)(C)C. The third-order valence-corrected chi connectivity index (χ3v) is 12.8. The number of ether oxygens (including phenoxy) is 2. The Morgan fingerprint density at radius 3 is 1.28 bits per heavy atom. The minimum atomic E-state index is -4.53. The first kappa shape index (κ1) is 63.5. The molecule has 0 fully saturated rings. The maximum Gasteiger partial charge on any atom is 0.306 e. The summed E-state index contributed by atoms with van der Waals surface area (Å²) < 4.78 is 34.8. The topological polar surface area (TPSA) is 94.1 Å². The van der Waals surface area contributed by atoms with E-state index >= 15 is 0 Å². The lowest BCUT2D eigenvalue weighted by Crippen LogP contribution is -2.37. The molecular formula is C56H106NO7P. The molecule has 9 heteroatoms. The third kappa shape index (κ3) is 53.3. The molecule has 0 rings (SSSR count). The van der Waals surface area contributed by atoms with Gasteiger partial charge in [0.2, 0.25) is 0 Å². The molecule has 0 saturated carbocycles. The van der Waals surface area contributed by atoms with Crippen molar-refractivity contribution in [2.75, 3.05) is 54.1 Å². The molecular weight excluding hydrogens is 830 g/mol. The monoisotopic (exact) mass is 936 g/mol. The number of unbranched alkanes of at least 4 members (excludes halogenated alkanes) is 29. The number of phosphoric ester groups is 1. The molecule has 2 unspecified atom stereocenters. The Morgan fingerprint density at radius 1 is 0.477 bits per heavy atom. The minimum Gasteiger partial charge on any atom is -0.756 e. The van der Waals surface area contributed by atoms with Gasteiger partial charge in [-0.2, -0.15) is 0 Å². The predicted molar refractivity (Wildman–Crippen MR) is 277 cm³/mol. The van der Waals surface area contributed by atoms with Crippen molar-refractivity contribution in [3.63, 3.8) is 0 Å². The number of hydrogen-bond acceptors (Lipinski definition) is 7. The lowest BCUT2D eigenvalue weighted by atomic mass is 10.0. The maximum atomic E-state index is 12.8. The number of hydrogen-bond donors (Lipinski definition) is 0. The molecule has 0 radical (unpaired) electrons. The van der Waals surface area contributed by atoms with E-state index in [9.17, 15) is 14.3 Å². The van der Waals surface area contributed by atoms with Crippen LogP contribution in [0.4, 0.5) is 0 Å². The molecule has 8 nitrogen and oxygen atoms in total. The van der Waals surface area contributed by atoms with Gasteiger partial charge in [-0.3, -0.25) is 9.36 Å². The quantitative estimate of drug-likeness (QED) is 0.0197. The summed E-state index contributed by atoms with van der Waals surface area (Å²) in [5.41, 5.74) is 0. The average molecular weight is 936 g/mol. The molecule has 0 aromatic rings. The largest absolute Gasteiger partial charge is 0.756 e. The van der Waals surface area contributed by atoms with Gasteiger partial charge in [-0.05, 0) is 77.0 Å². The highest BCUT2D eigenvalue weighted by molar-refractivity contribution is 7.45. The van der Waals surface area contributed by atoms with Gasteiger partial charge in [0.05, 0.1) is 34.4 Å². The van der Waals surface area contributed by atoms with E-state index in [1.807, 2.05) is 21.1 Å². The molecule has 0 aliphatic rings. The van der Waals surface area contributed by atoms with E-state index in [0.717, 1.165) is 51.4 Å². The Hall–Kier alpha value is -1.54. The first-order valence-electron chi connectivity index (χ1n) is 27.4. The van der Waals surface area contributed by atoms with Gasteiger partial charge in [0, 0.05) is 13.0 Å². The van der Waals surface area contributed by atoms with Crippen LogP contribution < -0.4 is 4.89 Å². The highest BCUT2D eigenvalue weighted by Gasteiger charge is 2.20. The third-order valence-electron chi connectivity index (χ3n) is 11.9. The van der Waals surface area contributed by atoms with Gasteiger partial charge in [-0.25, -0.2) is 0 Å². The van der Waals surface area contributed by atoms with E-state index < -0.39 is 13.9 Å². The summed E-state index contributed by atoms with van der Waals surface area (Å²) in [7, 11) is 1.35. The number of carbonyl (C=O) groups excluding carboxylic acids is 1. The Bertz CT molecular complexity index is 1180. The van der Waals surface area contributed by atoms with Gasteiger partial charge in [-0.15, -0.1) is 0 Å². The van der Waals surface area contributed by atoms with Crippen molar-refractivity contribution in [3.8, 4) is 0 Å². The second-order valence-corrected chi connectivity index (χ2v) is 21.0. The summed E-state index contributed by atoms with van der Waals surface area (Å²) in [5, 5.41) is 0. The van der Waals surface area contributed by atoms with Gasteiger partial charge < -0.3 is 27.9 Å². The van der Waals surface area contributed by atoms with E-state index in [0.29, 0.717) is 24.1 Å². The molecule has 0 aromatic carbocycles. The molecule has 0 spiro atoms. The average Bonchev–Trinajstić information content (AvgIpc) is 3.27.